The van der Waals surface area contributed by atoms with E-state index in [-0.39, 0.29) is 0 Å². The van der Waals surface area contributed by atoms with E-state index in [4.69, 9.17) is 4.74 Å². The maximum atomic E-state index is 9.20. The van der Waals surface area contributed by atoms with E-state index < -0.39 is 6.29 Å². The number of rotatable bonds is 6. The molecule has 0 aliphatic heterocycles. The Morgan fingerprint density at radius 2 is 2.08 bits per heavy atom. The molecule has 0 saturated heterocycles. The Hall–Kier alpha value is -0.340. The number of aliphatic hydroxyl groups is 1. The summed E-state index contributed by atoms with van der Waals surface area (Å²) >= 11 is 0. The molecule has 0 aromatic rings. The molecule has 0 amide bonds. The van der Waals surface area contributed by atoms with Crippen LogP contribution in [0.15, 0.2) is 11.6 Å². The number of aliphatic hydroxyl groups excluding tert-OH is 1. The fraction of sp³-hybridized carbons (Fsp3) is 0.818. The summed E-state index contributed by atoms with van der Waals surface area (Å²) in [5, 5.41) is 9.20. The number of allylic oxidation sites excluding steroid dienone is 2. The van der Waals surface area contributed by atoms with Crippen LogP contribution in [0.3, 0.4) is 0 Å². The van der Waals surface area contributed by atoms with Crippen molar-refractivity contribution in [1.29, 1.82) is 0 Å². The highest BCUT2D eigenvalue weighted by Gasteiger charge is 2.07. The zero-order valence-electron chi connectivity index (χ0n) is 9.21. The van der Waals surface area contributed by atoms with Crippen molar-refractivity contribution in [2.45, 2.75) is 46.3 Å². The standard InChI is InChI=1S/C11H22O2/c1-9(2)6-5-7-10(3)8-11(12)13-4/h6,10-12H,5,7-8H2,1-4H3. The van der Waals surface area contributed by atoms with E-state index >= 15 is 0 Å². The Bertz CT molecular complexity index is 148. The second-order valence-electron chi connectivity index (χ2n) is 3.89. The quantitative estimate of drug-likeness (QED) is 0.510. The number of hydrogen-bond acceptors (Lipinski definition) is 2. The first-order chi connectivity index (χ1) is 6.06. The average Bonchev–Trinajstić information content (AvgIpc) is 2.03. The van der Waals surface area contributed by atoms with Crippen molar-refractivity contribution in [1.82, 2.24) is 0 Å². The van der Waals surface area contributed by atoms with E-state index in [0.29, 0.717) is 5.92 Å². The highest BCUT2D eigenvalue weighted by molar-refractivity contribution is 4.92. The second-order valence-corrected chi connectivity index (χ2v) is 3.89. The molecule has 0 fully saturated rings. The van der Waals surface area contributed by atoms with Crippen LogP contribution in [-0.2, 0) is 4.74 Å². The van der Waals surface area contributed by atoms with Gasteiger partial charge in [-0.1, -0.05) is 18.6 Å². The van der Waals surface area contributed by atoms with Crippen molar-refractivity contribution in [3.05, 3.63) is 11.6 Å². The van der Waals surface area contributed by atoms with Gasteiger partial charge in [0, 0.05) is 13.5 Å². The van der Waals surface area contributed by atoms with Gasteiger partial charge in [-0.2, -0.15) is 0 Å². The van der Waals surface area contributed by atoms with E-state index in [2.05, 4.69) is 26.8 Å². The molecule has 78 valence electrons. The Kier molecular flexibility index (Phi) is 6.92. The van der Waals surface area contributed by atoms with E-state index in [9.17, 15) is 5.11 Å². The number of hydrogen-bond donors (Lipinski definition) is 1. The van der Waals surface area contributed by atoms with Gasteiger partial charge in [0.15, 0.2) is 6.29 Å². The van der Waals surface area contributed by atoms with Crippen LogP contribution in [0.5, 0.6) is 0 Å². The minimum Gasteiger partial charge on any atom is -0.368 e. The fourth-order valence-corrected chi connectivity index (χ4v) is 1.21. The molecule has 0 heterocycles. The van der Waals surface area contributed by atoms with Crippen LogP contribution in [0.4, 0.5) is 0 Å². The Labute approximate surface area is 81.6 Å². The number of ether oxygens (including phenoxy) is 1. The van der Waals surface area contributed by atoms with Gasteiger partial charge in [0.1, 0.15) is 0 Å². The molecule has 2 heteroatoms. The topological polar surface area (TPSA) is 29.5 Å². The van der Waals surface area contributed by atoms with E-state index in [0.717, 1.165) is 19.3 Å². The molecule has 0 spiro atoms. The van der Waals surface area contributed by atoms with Crippen molar-refractivity contribution < 1.29 is 9.84 Å². The molecule has 0 aliphatic rings. The third kappa shape index (κ3) is 8.00. The van der Waals surface area contributed by atoms with Crippen LogP contribution in [0.2, 0.25) is 0 Å². The van der Waals surface area contributed by atoms with Crippen LogP contribution < -0.4 is 0 Å². The van der Waals surface area contributed by atoms with Crippen LogP contribution >= 0.6 is 0 Å². The van der Waals surface area contributed by atoms with Gasteiger partial charge in [-0.05, 0) is 32.6 Å². The molecular formula is C11H22O2. The molecule has 13 heavy (non-hydrogen) atoms. The van der Waals surface area contributed by atoms with Gasteiger partial charge in [-0.15, -0.1) is 0 Å². The summed E-state index contributed by atoms with van der Waals surface area (Å²) in [5.74, 6) is 0.519. The van der Waals surface area contributed by atoms with Gasteiger partial charge in [0.05, 0.1) is 0 Å². The monoisotopic (exact) mass is 186 g/mol. The summed E-state index contributed by atoms with van der Waals surface area (Å²) in [6.07, 6.45) is 4.58. The molecule has 0 bridgehead atoms. The first-order valence-corrected chi connectivity index (χ1v) is 4.90. The van der Waals surface area contributed by atoms with Crippen LogP contribution in [0.25, 0.3) is 0 Å². The summed E-state index contributed by atoms with van der Waals surface area (Å²) in [7, 11) is 1.54. The zero-order valence-corrected chi connectivity index (χ0v) is 9.21. The third-order valence-corrected chi connectivity index (χ3v) is 2.09. The van der Waals surface area contributed by atoms with Crippen LogP contribution in [-0.4, -0.2) is 18.5 Å². The van der Waals surface area contributed by atoms with E-state index in [1.807, 2.05) is 0 Å². The van der Waals surface area contributed by atoms with Gasteiger partial charge in [0.2, 0.25) is 0 Å². The molecule has 2 nitrogen and oxygen atoms in total. The highest BCUT2D eigenvalue weighted by atomic mass is 16.6. The van der Waals surface area contributed by atoms with Gasteiger partial charge in [-0.25, -0.2) is 0 Å². The third-order valence-electron chi connectivity index (χ3n) is 2.09. The lowest BCUT2D eigenvalue weighted by Gasteiger charge is -2.14. The van der Waals surface area contributed by atoms with Crippen LogP contribution in [0.1, 0.15) is 40.0 Å². The van der Waals surface area contributed by atoms with E-state index in [1.165, 1.54) is 12.7 Å². The first-order valence-electron chi connectivity index (χ1n) is 4.90. The molecule has 0 aromatic heterocycles. The SMILES string of the molecule is COC(O)CC(C)CCC=C(C)C. The fourth-order valence-electron chi connectivity index (χ4n) is 1.21. The minimum atomic E-state index is -0.596. The predicted octanol–water partition coefficient (Wildman–Crippen LogP) is 2.72. The molecule has 1 N–H and O–H groups in total. The van der Waals surface area contributed by atoms with E-state index in [1.54, 1.807) is 0 Å². The average molecular weight is 186 g/mol. The molecule has 0 aromatic carbocycles. The first kappa shape index (κ1) is 12.7. The molecule has 0 radical (unpaired) electrons. The Balaban J connectivity index is 3.51. The lowest BCUT2D eigenvalue weighted by atomic mass is 10.0. The Morgan fingerprint density at radius 3 is 2.54 bits per heavy atom. The van der Waals surface area contributed by atoms with Gasteiger partial charge < -0.3 is 9.84 Å². The smallest absolute Gasteiger partial charge is 0.154 e. The molecule has 2 atom stereocenters. The lowest BCUT2D eigenvalue weighted by molar-refractivity contribution is -0.0864. The maximum Gasteiger partial charge on any atom is 0.154 e. The summed E-state index contributed by atoms with van der Waals surface area (Å²) in [6.45, 7) is 6.35. The summed E-state index contributed by atoms with van der Waals surface area (Å²) in [5.41, 5.74) is 1.36. The second kappa shape index (κ2) is 7.10. The minimum absolute atomic E-state index is 0.519. The molecule has 0 rings (SSSR count). The lowest BCUT2D eigenvalue weighted by Crippen LogP contribution is -2.13. The Morgan fingerprint density at radius 1 is 1.46 bits per heavy atom. The largest absolute Gasteiger partial charge is 0.368 e. The molecule has 0 aliphatic carbocycles. The summed E-state index contributed by atoms with van der Waals surface area (Å²) < 4.78 is 4.79. The van der Waals surface area contributed by atoms with Crippen molar-refractivity contribution >= 4 is 0 Å². The van der Waals surface area contributed by atoms with Gasteiger partial charge in [-0.3, -0.25) is 0 Å². The van der Waals surface area contributed by atoms with Crippen molar-refractivity contribution in [2.75, 3.05) is 7.11 Å². The summed E-state index contributed by atoms with van der Waals surface area (Å²) in [6, 6.07) is 0. The molecular weight excluding hydrogens is 164 g/mol. The summed E-state index contributed by atoms with van der Waals surface area (Å²) in [4.78, 5) is 0. The molecule has 0 saturated carbocycles. The highest BCUT2D eigenvalue weighted by Crippen LogP contribution is 2.14. The van der Waals surface area contributed by atoms with Gasteiger partial charge in [0.25, 0.3) is 0 Å². The number of methoxy groups -OCH3 is 1. The normalized spacial score (nSPS) is 15.2. The predicted molar refractivity (Wildman–Crippen MR) is 55.5 cm³/mol. The van der Waals surface area contributed by atoms with Crippen molar-refractivity contribution in [2.24, 2.45) is 5.92 Å². The van der Waals surface area contributed by atoms with Crippen LogP contribution in [0, 0.1) is 5.92 Å². The maximum absolute atomic E-state index is 9.20. The van der Waals surface area contributed by atoms with Crippen molar-refractivity contribution in [3.63, 3.8) is 0 Å². The molecule has 2 unspecified atom stereocenters. The van der Waals surface area contributed by atoms with Crippen molar-refractivity contribution in [3.8, 4) is 0 Å². The van der Waals surface area contributed by atoms with Gasteiger partial charge >= 0.3 is 0 Å². The zero-order chi connectivity index (χ0) is 10.3.